The maximum absolute atomic E-state index is 13.6. The number of anilines is 1. The van der Waals surface area contributed by atoms with E-state index in [0.717, 1.165) is 50.4 Å². The molecule has 0 radical (unpaired) electrons. The summed E-state index contributed by atoms with van der Waals surface area (Å²) < 4.78 is 19.0. The van der Waals surface area contributed by atoms with Crippen LogP contribution >= 0.6 is 11.3 Å². The molecule has 1 aromatic carbocycles. The first kappa shape index (κ1) is 20.6. The first-order valence-electron chi connectivity index (χ1n) is 10.0. The van der Waals surface area contributed by atoms with Gasteiger partial charge in [-0.05, 0) is 36.5 Å². The number of nitrogens with one attached hydrogen (secondary N) is 1. The Hall–Kier alpha value is -2.62. The lowest BCUT2D eigenvalue weighted by molar-refractivity contribution is -0.117. The van der Waals surface area contributed by atoms with Gasteiger partial charge in [-0.2, -0.15) is 4.98 Å². The largest absolute Gasteiger partial charge is 0.339 e. The zero-order valence-corrected chi connectivity index (χ0v) is 17.4. The summed E-state index contributed by atoms with van der Waals surface area (Å²) in [7, 11) is 0. The maximum atomic E-state index is 13.6. The van der Waals surface area contributed by atoms with Crippen LogP contribution in [0.3, 0.4) is 0 Å². The fraction of sp³-hybridized carbons (Fsp3) is 0.381. The second-order valence-corrected chi connectivity index (χ2v) is 8.19. The van der Waals surface area contributed by atoms with E-state index in [1.165, 1.54) is 6.07 Å². The molecule has 7 nitrogen and oxygen atoms in total. The normalized spacial score (nSPS) is 15.4. The molecule has 1 fully saturated rings. The molecule has 3 heterocycles. The van der Waals surface area contributed by atoms with E-state index in [9.17, 15) is 9.18 Å². The lowest BCUT2D eigenvalue weighted by Crippen LogP contribution is -2.48. The van der Waals surface area contributed by atoms with E-state index in [1.54, 1.807) is 29.5 Å². The van der Waals surface area contributed by atoms with E-state index in [0.29, 0.717) is 11.7 Å². The molecule has 158 valence electrons. The molecule has 0 unspecified atom stereocenters. The van der Waals surface area contributed by atoms with Crippen molar-refractivity contribution in [3.63, 3.8) is 0 Å². The summed E-state index contributed by atoms with van der Waals surface area (Å²) in [4.78, 5) is 22.1. The van der Waals surface area contributed by atoms with Crippen LogP contribution in [0.5, 0.6) is 0 Å². The van der Waals surface area contributed by atoms with Crippen LogP contribution in [0, 0.1) is 5.82 Å². The van der Waals surface area contributed by atoms with E-state index >= 15 is 0 Å². The Balaban J connectivity index is 1.15. The number of aromatic nitrogens is 2. The van der Waals surface area contributed by atoms with Gasteiger partial charge in [-0.25, -0.2) is 4.39 Å². The van der Waals surface area contributed by atoms with Gasteiger partial charge in [0.2, 0.25) is 17.6 Å². The molecule has 1 saturated heterocycles. The summed E-state index contributed by atoms with van der Waals surface area (Å²) in [5.41, 5.74) is 0.226. The fourth-order valence-electron chi connectivity index (χ4n) is 3.44. The van der Waals surface area contributed by atoms with Crippen molar-refractivity contribution in [2.45, 2.75) is 12.8 Å². The van der Waals surface area contributed by atoms with Crippen LogP contribution in [-0.4, -0.2) is 65.1 Å². The van der Waals surface area contributed by atoms with Crippen LogP contribution in [0.1, 0.15) is 12.3 Å². The van der Waals surface area contributed by atoms with Gasteiger partial charge < -0.3 is 14.7 Å². The van der Waals surface area contributed by atoms with Crippen LogP contribution in [-0.2, 0) is 11.2 Å². The second kappa shape index (κ2) is 9.92. The van der Waals surface area contributed by atoms with Crippen LogP contribution in [0.4, 0.5) is 10.1 Å². The number of thiophene rings is 1. The molecule has 1 aliphatic heterocycles. The molecule has 0 aliphatic carbocycles. The lowest BCUT2D eigenvalue weighted by Gasteiger charge is -2.34. The summed E-state index contributed by atoms with van der Waals surface area (Å²) in [5.74, 6) is 0.718. The smallest absolute Gasteiger partial charge is 0.238 e. The van der Waals surface area contributed by atoms with Crippen molar-refractivity contribution in [2.75, 3.05) is 44.6 Å². The van der Waals surface area contributed by atoms with Gasteiger partial charge >= 0.3 is 0 Å². The Bertz CT molecular complexity index is 954. The first-order chi connectivity index (χ1) is 14.7. The molecule has 3 aromatic rings. The molecule has 9 heteroatoms. The number of piperazine rings is 1. The average Bonchev–Trinajstić information content (AvgIpc) is 3.43. The molecular weight excluding hydrogens is 405 g/mol. The van der Waals surface area contributed by atoms with Crippen LogP contribution in [0.25, 0.3) is 10.7 Å². The number of amides is 1. The molecule has 1 aliphatic rings. The van der Waals surface area contributed by atoms with E-state index in [1.807, 2.05) is 17.5 Å². The highest BCUT2D eigenvalue weighted by Gasteiger charge is 2.19. The third-order valence-corrected chi connectivity index (χ3v) is 5.92. The predicted molar refractivity (Wildman–Crippen MR) is 114 cm³/mol. The third kappa shape index (κ3) is 5.50. The van der Waals surface area contributed by atoms with E-state index in [4.69, 9.17) is 4.52 Å². The van der Waals surface area contributed by atoms with Gasteiger partial charge in [0, 0.05) is 32.6 Å². The number of rotatable bonds is 8. The zero-order valence-electron chi connectivity index (χ0n) is 16.6. The van der Waals surface area contributed by atoms with Crippen molar-refractivity contribution in [3.05, 3.63) is 53.5 Å². The molecule has 0 bridgehead atoms. The van der Waals surface area contributed by atoms with Gasteiger partial charge in [0.25, 0.3) is 0 Å². The molecule has 1 N–H and O–H groups in total. The quantitative estimate of drug-likeness (QED) is 0.593. The number of carbonyl (C=O) groups is 1. The predicted octanol–water partition coefficient (Wildman–Crippen LogP) is 3.13. The fourth-order valence-corrected chi connectivity index (χ4v) is 4.09. The Morgan fingerprint density at radius 2 is 1.93 bits per heavy atom. The molecule has 4 rings (SSSR count). The van der Waals surface area contributed by atoms with Gasteiger partial charge in [-0.15, -0.1) is 11.3 Å². The molecule has 0 saturated carbocycles. The SMILES string of the molecule is O=C(CN1CCN(CCCc2nc(-c3cccs3)no2)CC1)Nc1ccccc1F. The standard InChI is InChI=1S/C21H24FN5O2S/c22-16-5-1-2-6-17(16)23-19(28)15-27-12-10-26(11-13-27)9-3-8-20-24-21(25-29-20)18-7-4-14-30-18/h1-2,4-7,14H,3,8-13,15H2,(H,23,28). The highest BCUT2D eigenvalue weighted by atomic mass is 32.1. The third-order valence-electron chi connectivity index (χ3n) is 5.05. The number of nitrogens with zero attached hydrogens (tertiary/aromatic N) is 4. The number of hydrogen-bond donors (Lipinski definition) is 1. The van der Waals surface area contributed by atoms with Gasteiger partial charge in [-0.1, -0.05) is 23.4 Å². The maximum Gasteiger partial charge on any atom is 0.238 e. The first-order valence-corrected chi connectivity index (χ1v) is 10.9. The highest BCUT2D eigenvalue weighted by Crippen LogP contribution is 2.21. The molecule has 0 atom stereocenters. The second-order valence-electron chi connectivity index (χ2n) is 7.24. The Morgan fingerprint density at radius 1 is 1.13 bits per heavy atom. The van der Waals surface area contributed by atoms with E-state index < -0.39 is 5.82 Å². The van der Waals surface area contributed by atoms with E-state index in [-0.39, 0.29) is 18.1 Å². The lowest BCUT2D eigenvalue weighted by atomic mass is 10.2. The topological polar surface area (TPSA) is 74.5 Å². The highest BCUT2D eigenvalue weighted by molar-refractivity contribution is 7.13. The van der Waals surface area contributed by atoms with Crippen molar-refractivity contribution < 1.29 is 13.7 Å². The van der Waals surface area contributed by atoms with Gasteiger partial charge in [0.15, 0.2) is 0 Å². The monoisotopic (exact) mass is 429 g/mol. The summed E-state index contributed by atoms with van der Waals surface area (Å²) in [6, 6.07) is 10.2. The Morgan fingerprint density at radius 3 is 2.70 bits per heavy atom. The summed E-state index contributed by atoms with van der Waals surface area (Å²) >= 11 is 1.60. The van der Waals surface area contributed by atoms with Crippen LogP contribution in [0.15, 0.2) is 46.3 Å². The summed E-state index contributed by atoms with van der Waals surface area (Å²) in [5, 5.41) is 8.68. The van der Waals surface area contributed by atoms with Crippen LogP contribution < -0.4 is 5.32 Å². The van der Waals surface area contributed by atoms with Crippen molar-refractivity contribution >= 4 is 22.9 Å². The molecule has 1 amide bonds. The van der Waals surface area contributed by atoms with Crippen molar-refractivity contribution in [1.82, 2.24) is 19.9 Å². The van der Waals surface area contributed by atoms with Gasteiger partial charge in [0.1, 0.15) is 5.82 Å². The molecule has 2 aromatic heterocycles. The minimum absolute atomic E-state index is 0.188. The Labute approximate surface area is 178 Å². The molecular formula is C21H24FN5O2S. The number of aryl methyl sites for hydroxylation is 1. The van der Waals surface area contributed by atoms with Gasteiger partial charge in [0.05, 0.1) is 17.1 Å². The number of hydrogen-bond acceptors (Lipinski definition) is 7. The van der Waals surface area contributed by atoms with Crippen molar-refractivity contribution in [2.24, 2.45) is 0 Å². The Kier molecular flexibility index (Phi) is 6.83. The van der Waals surface area contributed by atoms with E-state index in [2.05, 4.69) is 25.3 Å². The minimum atomic E-state index is -0.417. The van der Waals surface area contributed by atoms with Gasteiger partial charge in [-0.3, -0.25) is 9.69 Å². The molecule has 0 spiro atoms. The number of para-hydroxylation sites is 1. The van der Waals surface area contributed by atoms with Crippen molar-refractivity contribution in [1.29, 1.82) is 0 Å². The summed E-state index contributed by atoms with van der Waals surface area (Å²) in [6.45, 7) is 4.65. The number of benzene rings is 1. The average molecular weight is 430 g/mol. The number of halogens is 1. The molecule has 30 heavy (non-hydrogen) atoms. The summed E-state index contributed by atoms with van der Waals surface area (Å²) in [6.07, 6.45) is 1.70. The van der Waals surface area contributed by atoms with Crippen molar-refractivity contribution in [3.8, 4) is 10.7 Å². The number of carbonyl (C=O) groups excluding carboxylic acids is 1. The van der Waals surface area contributed by atoms with Crippen LogP contribution in [0.2, 0.25) is 0 Å². The minimum Gasteiger partial charge on any atom is -0.339 e. The zero-order chi connectivity index (χ0) is 20.8.